The summed E-state index contributed by atoms with van der Waals surface area (Å²) in [7, 11) is 0. The topological polar surface area (TPSA) is 50.4 Å². The molecule has 0 radical (unpaired) electrons. The number of rotatable bonds is 7. The van der Waals surface area contributed by atoms with Gasteiger partial charge in [-0.05, 0) is 68.1 Å². The second-order valence-corrected chi connectivity index (χ2v) is 6.72. The summed E-state index contributed by atoms with van der Waals surface area (Å²) >= 11 is 0. The highest BCUT2D eigenvalue weighted by molar-refractivity contribution is 5.90. The molecule has 2 aromatic rings. The molecule has 1 heterocycles. The molecule has 146 valence electrons. The van der Waals surface area contributed by atoms with E-state index in [2.05, 4.69) is 10.6 Å². The molecule has 0 unspecified atom stereocenters. The van der Waals surface area contributed by atoms with E-state index >= 15 is 0 Å². The molecule has 2 N–H and O–H groups in total. The number of nitrogens with one attached hydrogen (secondary N) is 2. The van der Waals surface area contributed by atoms with Crippen LogP contribution in [0.4, 0.5) is 10.1 Å². The first kappa shape index (κ1) is 21.2. The Hall–Kier alpha value is -2.11. The third kappa shape index (κ3) is 7.19. The zero-order chi connectivity index (χ0) is 18.2. The summed E-state index contributed by atoms with van der Waals surface area (Å²) in [6.45, 7) is 2.47. The zero-order valence-corrected chi connectivity index (χ0v) is 16.1. The van der Waals surface area contributed by atoms with Crippen molar-refractivity contribution in [1.29, 1.82) is 0 Å². The quantitative estimate of drug-likeness (QED) is 0.727. The lowest BCUT2D eigenvalue weighted by atomic mass is 9.93. The van der Waals surface area contributed by atoms with Crippen molar-refractivity contribution < 1.29 is 13.9 Å². The molecule has 1 aliphatic rings. The van der Waals surface area contributed by atoms with E-state index in [1.165, 1.54) is 12.1 Å². The minimum absolute atomic E-state index is 0. The number of hydrogen-bond donors (Lipinski definition) is 2. The highest BCUT2D eigenvalue weighted by atomic mass is 35.5. The first-order chi connectivity index (χ1) is 12.7. The lowest BCUT2D eigenvalue weighted by Gasteiger charge is -2.22. The minimum Gasteiger partial charge on any atom is -0.489 e. The van der Waals surface area contributed by atoms with Crippen molar-refractivity contribution in [2.45, 2.75) is 32.3 Å². The van der Waals surface area contributed by atoms with Crippen LogP contribution in [0.25, 0.3) is 0 Å². The van der Waals surface area contributed by atoms with Crippen LogP contribution in [0.15, 0.2) is 48.5 Å². The molecular weight excluding hydrogens is 367 g/mol. The third-order valence-electron chi connectivity index (χ3n) is 4.67. The molecule has 2 aromatic carbocycles. The van der Waals surface area contributed by atoms with Gasteiger partial charge in [0.2, 0.25) is 5.91 Å². The molecule has 0 aliphatic carbocycles. The monoisotopic (exact) mass is 392 g/mol. The van der Waals surface area contributed by atoms with Gasteiger partial charge in [0, 0.05) is 18.2 Å². The summed E-state index contributed by atoms with van der Waals surface area (Å²) in [6, 6.07) is 13.6. The van der Waals surface area contributed by atoms with Gasteiger partial charge in [-0.3, -0.25) is 4.79 Å². The van der Waals surface area contributed by atoms with E-state index in [4.69, 9.17) is 4.74 Å². The fraction of sp³-hybridized carbons (Fsp3) is 0.381. The van der Waals surface area contributed by atoms with Crippen LogP contribution >= 0.6 is 12.4 Å². The van der Waals surface area contributed by atoms with Crippen LogP contribution in [0.2, 0.25) is 0 Å². The Kier molecular flexibility index (Phi) is 8.55. The van der Waals surface area contributed by atoms with Crippen molar-refractivity contribution in [3.63, 3.8) is 0 Å². The molecule has 0 saturated carbocycles. The molecule has 3 rings (SSSR count). The zero-order valence-electron chi connectivity index (χ0n) is 15.2. The van der Waals surface area contributed by atoms with Crippen LogP contribution in [-0.4, -0.2) is 19.0 Å². The maximum atomic E-state index is 12.9. The first-order valence-corrected chi connectivity index (χ1v) is 9.17. The number of carbonyl (C=O) groups is 1. The number of halogens is 2. The molecule has 0 bridgehead atoms. The van der Waals surface area contributed by atoms with E-state index in [9.17, 15) is 9.18 Å². The second kappa shape index (κ2) is 10.9. The van der Waals surface area contributed by atoms with Crippen LogP contribution < -0.4 is 15.4 Å². The molecule has 0 spiro atoms. The van der Waals surface area contributed by atoms with E-state index in [0.29, 0.717) is 24.7 Å². The Morgan fingerprint density at radius 3 is 2.63 bits per heavy atom. The summed E-state index contributed by atoms with van der Waals surface area (Å²) in [6.07, 6.45) is 3.79. The van der Waals surface area contributed by atoms with Crippen LogP contribution in [-0.2, 0) is 11.4 Å². The van der Waals surface area contributed by atoms with E-state index < -0.39 is 0 Å². The van der Waals surface area contributed by atoms with Gasteiger partial charge in [-0.1, -0.05) is 18.2 Å². The second-order valence-electron chi connectivity index (χ2n) is 6.72. The van der Waals surface area contributed by atoms with Gasteiger partial charge in [0.15, 0.2) is 0 Å². The molecule has 1 saturated heterocycles. The van der Waals surface area contributed by atoms with Gasteiger partial charge in [0.25, 0.3) is 0 Å². The number of hydrogen-bond acceptors (Lipinski definition) is 3. The smallest absolute Gasteiger partial charge is 0.224 e. The molecule has 0 atom stereocenters. The summed E-state index contributed by atoms with van der Waals surface area (Å²) in [5, 5.41) is 6.29. The van der Waals surface area contributed by atoms with Crippen LogP contribution in [0.1, 0.15) is 31.2 Å². The average molecular weight is 393 g/mol. The van der Waals surface area contributed by atoms with E-state index in [1.807, 2.05) is 24.3 Å². The van der Waals surface area contributed by atoms with Gasteiger partial charge in [-0.2, -0.15) is 0 Å². The summed E-state index contributed by atoms with van der Waals surface area (Å²) < 4.78 is 18.7. The normalized spacial score (nSPS) is 14.3. The fourth-order valence-corrected chi connectivity index (χ4v) is 3.14. The summed E-state index contributed by atoms with van der Waals surface area (Å²) in [4.78, 5) is 12.2. The Morgan fingerprint density at radius 1 is 1.15 bits per heavy atom. The Labute approximate surface area is 165 Å². The van der Waals surface area contributed by atoms with Crippen molar-refractivity contribution in [3.8, 4) is 5.75 Å². The molecule has 1 fully saturated rings. The standard InChI is InChI=1S/C21H25FN2O2.ClH/c22-18-7-4-17(5-8-18)15-26-20-3-1-2-19(14-20)24-21(25)9-6-16-10-12-23-13-11-16;/h1-5,7-8,14,16,23H,6,9-13,15H2,(H,24,25);1H. The number of ether oxygens (including phenoxy) is 1. The van der Waals surface area contributed by atoms with Gasteiger partial charge in [-0.15, -0.1) is 12.4 Å². The van der Waals surface area contributed by atoms with Crippen molar-refractivity contribution in [2.24, 2.45) is 5.92 Å². The molecule has 1 aliphatic heterocycles. The maximum Gasteiger partial charge on any atom is 0.224 e. The van der Waals surface area contributed by atoms with Crippen molar-refractivity contribution in [3.05, 3.63) is 59.9 Å². The van der Waals surface area contributed by atoms with E-state index in [0.717, 1.165) is 43.6 Å². The van der Waals surface area contributed by atoms with Crippen molar-refractivity contribution in [2.75, 3.05) is 18.4 Å². The molecule has 1 amide bonds. The largest absolute Gasteiger partial charge is 0.489 e. The number of piperidine rings is 1. The van der Waals surface area contributed by atoms with Crippen LogP contribution in [0, 0.1) is 11.7 Å². The number of benzene rings is 2. The van der Waals surface area contributed by atoms with Gasteiger partial charge in [0.1, 0.15) is 18.2 Å². The summed E-state index contributed by atoms with van der Waals surface area (Å²) in [5.41, 5.74) is 1.62. The van der Waals surface area contributed by atoms with Gasteiger partial charge >= 0.3 is 0 Å². The number of carbonyl (C=O) groups excluding carboxylic acids is 1. The predicted octanol–water partition coefficient (Wildman–Crippen LogP) is 4.54. The Balaban J connectivity index is 0.00000261. The van der Waals surface area contributed by atoms with Gasteiger partial charge in [0.05, 0.1) is 0 Å². The number of anilines is 1. The molecule has 4 nitrogen and oxygen atoms in total. The van der Waals surface area contributed by atoms with Crippen LogP contribution in [0.5, 0.6) is 5.75 Å². The fourth-order valence-electron chi connectivity index (χ4n) is 3.14. The maximum absolute atomic E-state index is 12.9. The lowest BCUT2D eigenvalue weighted by Crippen LogP contribution is -2.28. The van der Waals surface area contributed by atoms with Gasteiger partial charge < -0.3 is 15.4 Å². The van der Waals surface area contributed by atoms with Gasteiger partial charge in [-0.25, -0.2) is 4.39 Å². The number of amides is 1. The van der Waals surface area contributed by atoms with E-state index in [1.54, 1.807) is 12.1 Å². The lowest BCUT2D eigenvalue weighted by molar-refractivity contribution is -0.116. The molecule has 0 aromatic heterocycles. The molecular formula is C21H26ClFN2O2. The predicted molar refractivity (Wildman–Crippen MR) is 108 cm³/mol. The van der Waals surface area contributed by atoms with Crippen molar-refractivity contribution in [1.82, 2.24) is 5.32 Å². The summed E-state index contributed by atoms with van der Waals surface area (Å²) in [5.74, 6) is 1.10. The highest BCUT2D eigenvalue weighted by Gasteiger charge is 2.14. The third-order valence-corrected chi connectivity index (χ3v) is 4.67. The minimum atomic E-state index is -0.261. The van der Waals surface area contributed by atoms with Crippen molar-refractivity contribution >= 4 is 24.0 Å². The molecule has 6 heteroatoms. The van der Waals surface area contributed by atoms with Crippen LogP contribution in [0.3, 0.4) is 0 Å². The van der Waals surface area contributed by atoms with E-state index in [-0.39, 0.29) is 24.1 Å². The first-order valence-electron chi connectivity index (χ1n) is 9.17. The molecule has 27 heavy (non-hydrogen) atoms. The average Bonchev–Trinajstić information content (AvgIpc) is 2.67. The SMILES string of the molecule is Cl.O=C(CCC1CCNCC1)Nc1cccc(OCc2ccc(F)cc2)c1. The Morgan fingerprint density at radius 2 is 1.89 bits per heavy atom. The Bertz CT molecular complexity index is 718. The highest BCUT2D eigenvalue weighted by Crippen LogP contribution is 2.21.